The average molecular weight is 428 g/mol. The zero-order valence-electron chi connectivity index (χ0n) is 16.6. The number of carbonyl (C=O) groups is 2. The van der Waals surface area contributed by atoms with Gasteiger partial charge in [-0.25, -0.2) is 4.39 Å². The van der Waals surface area contributed by atoms with E-state index in [9.17, 15) is 27.2 Å². The third kappa shape index (κ3) is 5.31. The summed E-state index contributed by atoms with van der Waals surface area (Å²) in [4.78, 5) is 27.9. The van der Waals surface area contributed by atoms with Gasteiger partial charge in [-0.2, -0.15) is 13.2 Å². The first-order valence-corrected chi connectivity index (χ1v) is 9.93. The maximum atomic E-state index is 13.6. The number of aromatic nitrogens is 1. The smallest absolute Gasteiger partial charge is 0.422 e. The molecule has 1 saturated carbocycles. The Kier molecular flexibility index (Phi) is 6.67. The molecule has 1 aromatic carbocycles. The monoisotopic (exact) mass is 428 g/mol. The Balaban J connectivity index is 1.60. The van der Waals surface area contributed by atoms with E-state index in [-0.39, 0.29) is 18.3 Å². The summed E-state index contributed by atoms with van der Waals surface area (Å²) in [6.45, 7) is 0.486. The second kappa shape index (κ2) is 9.06. The molecule has 0 bridgehead atoms. The molecule has 0 unspecified atom stereocenters. The number of alkyl halides is 3. The minimum atomic E-state index is -4.60. The van der Waals surface area contributed by atoms with Gasteiger partial charge in [0.15, 0.2) is 6.61 Å². The van der Waals surface area contributed by atoms with Crippen LogP contribution < -0.4 is 5.32 Å². The van der Waals surface area contributed by atoms with Crippen molar-refractivity contribution in [3.63, 3.8) is 0 Å². The molecule has 1 amide bonds. The largest absolute Gasteiger partial charge is 0.456 e. The highest BCUT2D eigenvalue weighted by atomic mass is 19.4. The number of rotatable bonds is 6. The van der Waals surface area contributed by atoms with Crippen molar-refractivity contribution in [3.8, 4) is 0 Å². The van der Waals surface area contributed by atoms with E-state index >= 15 is 0 Å². The molecule has 1 aromatic heterocycles. The molecule has 0 radical (unpaired) electrons. The van der Waals surface area contributed by atoms with Crippen molar-refractivity contribution < 1.29 is 31.9 Å². The first-order chi connectivity index (χ1) is 14.2. The lowest BCUT2D eigenvalue weighted by Crippen LogP contribution is -2.41. The Morgan fingerprint density at radius 3 is 2.60 bits per heavy atom. The van der Waals surface area contributed by atoms with Crippen LogP contribution in [0, 0.1) is 24.6 Å². The van der Waals surface area contributed by atoms with E-state index in [4.69, 9.17) is 0 Å². The number of aryl methyl sites for hydroxylation is 1. The van der Waals surface area contributed by atoms with Crippen molar-refractivity contribution >= 4 is 22.8 Å². The number of fused-ring (bicyclic) bond motifs is 1. The number of halogens is 4. The van der Waals surface area contributed by atoms with Gasteiger partial charge >= 0.3 is 12.1 Å². The number of hydrogen-bond acceptors (Lipinski definition) is 3. The number of nitrogens with one attached hydrogen (secondary N) is 2. The molecule has 1 aliphatic carbocycles. The molecule has 2 N–H and O–H groups in total. The molecule has 0 aliphatic heterocycles. The molecule has 1 heterocycles. The number of carbonyl (C=O) groups excluding carboxylic acids is 2. The predicted octanol–water partition coefficient (Wildman–Crippen LogP) is 4.19. The topological polar surface area (TPSA) is 71.2 Å². The van der Waals surface area contributed by atoms with Crippen LogP contribution >= 0.6 is 0 Å². The van der Waals surface area contributed by atoms with E-state index in [1.165, 1.54) is 12.1 Å². The normalized spacial score (nSPS) is 19.6. The van der Waals surface area contributed by atoms with Crippen molar-refractivity contribution in [1.29, 1.82) is 0 Å². The number of ether oxygens (including phenoxy) is 1. The van der Waals surface area contributed by atoms with Gasteiger partial charge in [-0.05, 0) is 49.9 Å². The molecule has 1 aliphatic rings. The van der Waals surface area contributed by atoms with Crippen LogP contribution in [0.2, 0.25) is 0 Å². The Bertz CT molecular complexity index is 923. The average Bonchev–Trinajstić information content (AvgIpc) is 3.00. The third-order valence-electron chi connectivity index (χ3n) is 5.54. The molecular formula is C21H24F4N2O3. The van der Waals surface area contributed by atoms with Gasteiger partial charge in [-0.3, -0.25) is 9.59 Å². The van der Waals surface area contributed by atoms with Gasteiger partial charge < -0.3 is 15.0 Å². The van der Waals surface area contributed by atoms with Gasteiger partial charge in [0, 0.05) is 23.1 Å². The summed E-state index contributed by atoms with van der Waals surface area (Å²) in [5.41, 5.74) is 2.56. The molecule has 30 heavy (non-hydrogen) atoms. The number of hydrogen-bond donors (Lipinski definition) is 2. The van der Waals surface area contributed by atoms with Gasteiger partial charge in [0.25, 0.3) is 0 Å². The number of aromatic amines is 1. The Hall–Kier alpha value is -2.58. The van der Waals surface area contributed by atoms with Crippen LogP contribution in [0.25, 0.3) is 10.9 Å². The second-order valence-corrected chi connectivity index (χ2v) is 7.68. The van der Waals surface area contributed by atoms with E-state index in [1.807, 2.05) is 6.92 Å². The predicted molar refractivity (Wildman–Crippen MR) is 102 cm³/mol. The maximum Gasteiger partial charge on any atom is 0.422 e. The van der Waals surface area contributed by atoms with Crippen LogP contribution in [-0.2, 0) is 20.7 Å². The fraction of sp³-hybridized carbons (Fsp3) is 0.524. The standard InChI is InChI=1S/C21H24F4N2O3/c1-12-14(17-10-13(22)6-7-18(17)27-12)8-9-26-19(28)15-4-2-3-5-16(15)20(29)30-11-21(23,24)25/h6-7,10,15-16,27H,2-5,8-9,11H2,1H3,(H,26,28)/t15-,16+/m1/s1. The molecule has 5 nitrogen and oxygen atoms in total. The van der Waals surface area contributed by atoms with Gasteiger partial charge in [0.2, 0.25) is 5.91 Å². The summed E-state index contributed by atoms with van der Waals surface area (Å²) in [5, 5.41) is 3.52. The number of esters is 1. The summed E-state index contributed by atoms with van der Waals surface area (Å²) >= 11 is 0. The van der Waals surface area contributed by atoms with Crippen LogP contribution in [0.5, 0.6) is 0 Å². The highest BCUT2D eigenvalue weighted by Gasteiger charge is 2.38. The lowest BCUT2D eigenvalue weighted by Gasteiger charge is -2.29. The van der Waals surface area contributed by atoms with E-state index in [0.29, 0.717) is 25.7 Å². The summed E-state index contributed by atoms with van der Waals surface area (Å²) in [5.74, 6) is -3.28. The molecule has 1 fully saturated rings. The molecule has 0 spiro atoms. The molecule has 0 saturated heterocycles. The van der Waals surface area contributed by atoms with Crippen LogP contribution in [0.1, 0.15) is 36.9 Å². The molecule has 2 atom stereocenters. The lowest BCUT2D eigenvalue weighted by molar-refractivity contribution is -0.191. The first-order valence-electron chi connectivity index (χ1n) is 9.93. The zero-order valence-corrected chi connectivity index (χ0v) is 16.6. The summed E-state index contributed by atoms with van der Waals surface area (Å²) in [6, 6.07) is 4.45. The summed E-state index contributed by atoms with van der Waals surface area (Å²) in [6.07, 6.45) is -2.00. The van der Waals surface area contributed by atoms with Crippen molar-refractivity contribution in [2.75, 3.05) is 13.2 Å². The summed E-state index contributed by atoms with van der Waals surface area (Å²) in [7, 11) is 0. The quantitative estimate of drug-likeness (QED) is 0.536. The Morgan fingerprint density at radius 1 is 1.20 bits per heavy atom. The van der Waals surface area contributed by atoms with Crippen LogP contribution in [0.15, 0.2) is 18.2 Å². The molecule has 164 valence electrons. The van der Waals surface area contributed by atoms with E-state index < -0.39 is 30.6 Å². The van der Waals surface area contributed by atoms with Crippen LogP contribution in [0.4, 0.5) is 17.6 Å². The molecule has 9 heteroatoms. The third-order valence-corrected chi connectivity index (χ3v) is 5.54. The van der Waals surface area contributed by atoms with Gasteiger partial charge in [-0.1, -0.05) is 12.8 Å². The lowest BCUT2D eigenvalue weighted by atomic mass is 9.78. The fourth-order valence-electron chi connectivity index (χ4n) is 4.11. The Morgan fingerprint density at radius 2 is 1.90 bits per heavy atom. The number of H-pyrrole nitrogens is 1. The minimum absolute atomic E-state index is 0.268. The summed E-state index contributed by atoms with van der Waals surface area (Å²) < 4.78 is 54.9. The van der Waals surface area contributed by atoms with Crippen LogP contribution in [0.3, 0.4) is 0 Å². The SMILES string of the molecule is Cc1[nH]c2ccc(F)cc2c1CCNC(=O)[C@@H]1CCCC[C@@H]1C(=O)OCC(F)(F)F. The Labute approximate surface area is 171 Å². The fourth-order valence-corrected chi connectivity index (χ4v) is 4.11. The maximum absolute atomic E-state index is 13.6. The first kappa shape index (κ1) is 22.1. The van der Waals surface area contributed by atoms with E-state index in [1.54, 1.807) is 6.07 Å². The van der Waals surface area contributed by atoms with Crippen molar-refractivity contribution in [2.24, 2.45) is 11.8 Å². The van der Waals surface area contributed by atoms with Crippen molar-refractivity contribution in [2.45, 2.75) is 45.2 Å². The second-order valence-electron chi connectivity index (χ2n) is 7.68. The van der Waals surface area contributed by atoms with E-state index in [2.05, 4.69) is 15.0 Å². The minimum Gasteiger partial charge on any atom is -0.456 e. The molecular weight excluding hydrogens is 404 g/mol. The highest BCUT2D eigenvalue weighted by Crippen LogP contribution is 2.32. The van der Waals surface area contributed by atoms with Crippen LogP contribution in [-0.4, -0.2) is 36.2 Å². The van der Waals surface area contributed by atoms with Crippen molar-refractivity contribution in [1.82, 2.24) is 10.3 Å². The van der Waals surface area contributed by atoms with Crippen molar-refractivity contribution in [3.05, 3.63) is 35.3 Å². The van der Waals surface area contributed by atoms with Gasteiger partial charge in [0.1, 0.15) is 5.82 Å². The number of benzene rings is 1. The molecule has 3 rings (SSSR count). The molecule has 2 aromatic rings. The van der Waals surface area contributed by atoms with Gasteiger partial charge in [-0.15, -0.1) is 0 Å². The zero-order chi connectivity index (χ0) is 21.9. The number of amides is 1. The van der Waals surface area contributed by atoms with E-state index in [0.717, 1.165) is 28.6 Å². The van der Waals surface area contributed by atoms with Gasteiger partial charge in [0.05, 0.1) is 11.8 Å². The highest BCUT2D eigenvalue weighted by molar-refractivity contribution is 5.86.